The molecular formula is C23H38O3. The third kappa shape index (κ3) is 2.05. The van der Waals surface area contributed by atoms with E-state index in [2.05, 4.69) is 27.7 Å². The van der Waals surface area contributed by atoms with Gasteiger partial charge in [0.25, 0.3) is 0 Å². The minimum absolute atomic E-state index is 0.0922. The molecule has 0 spiro atoms. The summed E-state index contributed by atoms with van der Waals surface area (Å²) in [5.74, 6) is 2.34. The van der Waals surface area contributed by atoms with Crippen molar-refractivity contribution in [2.24, 2.45) is 39.9 Å². The van der Waals surface area contributed by atoms with E-state index >= 15 is 0 Å². The van der Waals surface area contributed by atoms with Gasteiger partial charge in [-0.3, -0.25) is 4.79 Å². The average molecular weight is 363 g/mol. The zero-order chi connectivity index (χ0) is 19.1. The van der Waals surface area contributed by atoms with E-state index in [-0.39, 0.29) is 28.3 Å². The van der Waals surface area contributed by atoms with Gasteiger partial charge >= 0.3 is 0 Å². The zero-order valence-electron chi connectivity index (χ0n) is 17.3. The van der Waals surface area contributed by atoms with Crippen LogP contribution in [0.4, 0.5) is 0 Å². The van der Waals surface area contributed by atoms with E-state index in [0.29, 0.717) is 30.0 Å². The molecule has 4 rings (SSSR count). The maximum Gasteiger partial charge on any atom is 0.136 e. The lowest BCUT2D eigenvalue weighted by molar-refractivity contribution is -0.245. The number of aliphatic hydroxyl groups is 2. The number of aliphatic hydroxyl groups excluding tert-OH is 1. The molecule has 0 aromatic carbocycles. The molecule has 0 saturated heterocycles. The maximum atomic E-state index is 12.6. The third-order valence-corrected chi connectivity index (χ3v) is 10.6. The highest BCUT2D eigenvalue weighted by molar-refractivity contribution is 5.83. The standard InChI is InChI=1S/C23H38O3/c1-14-12-17-18-7-10-20(3,15(2)24)21(18,4)11-8-19(17)22(5)9-6-16(25)13-23(14,22)26/h14,16-19,25-26H,6-13H2,1-5H3/t14-,16+,17+,18+,19+,20-,21+,22-,23+/m1/s1. The van der Waals surface area contributed by atoms with Gasteiger partial charge in [0, 0.05) is 11.8 Å². The van der Waals surface area contributed by atoms with Crippen molar-refractivity contribution in [1.82, 2.24) is 0 Å². The normalized spacial score (nSPS) is 59.3. The van der Waals surface area contributed by atoms with Crippen LogP contribution < -0.4 is 0 Å². The second-order valence-electron chi connectivity index (χ2n) is 11.1. The van der Waals surface area contributed by atoms with E-state index in [9.17, 15) is 15.0 Å². The quantitative estimate of drug-likeness (QED) is 0.729. The van der Waals surface area contributed by atoms with Crippen LogP contribution in [0.2, 0.25) is 0 Å². The Kier molecular flexibility index (Phi) is 4.05. The predicted octanol–water partition coefficient (Wildman–Crippen LogP) is 4.35. The van der Waals surface area contributed by atoms with Crippen LogP contribution in [0.15, 0.2) is 0 Å². The Morgan fingerprint density at radius 1 is 0.962 bits per heavy atom. The molecule has 2 N–H and O–H groups in total. The highest BCUT2D eigenvalue weighted by atomic mass is 16.3. The van der Waals surface area contributed by atoms with Crippen LogP contribution in [0.5, 0.6) is 0 Å². The number of Topliss-reactive ketones (excluding diaryl/α,β-unsaturated/α-hetero) is 1. The predicted molar refractivity (Wildman–Crippen MR) is 103 cm³/mol. The first-order chi connectivity index (χ1) is 12.0. The lowest BCUT2D eigenvalue weighted by atomic mass is 9.40. The molecule has 0 radical (unpaired) electrons. The van der Waals surface area contributed by atoms with Crippen molar-refractivity contribution in [3.63, 3.8) is 0 Å². The monoisotopic (exact) mass is 362 g/mol. The van der Waals surface area contributed by atoms with Crippen LogP contribution in [0.25, 0.3) is 0 Å². The smallest absolute Gasteiger partial charge is 0.136 e. The minimum Gasteiger partial charge on any atom is -0.393 e. The summed E-state index contributed by atoms with van der Waals surface area (Å²) in [4.78, 5) is 12.6. The molecular weight excluding hydrogens is 324 g/mol. The first-order valence-corrected chi connectivity index (χ1v) is 10.9. The molecule has 0 aliphatic heterocycles. The summed E-state index contributed by atoms with van der Waals surface area (Å²) in [6.07, 6.45) is 7.43. The number of ketones is 1. The summed E-state index contributed by atoms with van der Waals surface area (Å²) >= 11 is 0. The highest BCUT2D eigenvalue weighted by Crippen LogP contribution is 2.71. The molecule has 4 saturated carbocycles. The Balaban J connectivity index is 1.72. The largest absolute Gasteiger partial charge is 0.393 e. The van der Waals surface area contributed by atoms with Crippen molar-refractivity contribution < 1.29 is 15.0 Å². The summed E-state index contributed by atoms with van der Waals surface area (Å²) in [6, 6.07) is 0. The summed E-state index contributed by atoms with van der Waals surface area (Å²) in [6.45, 7) is 10.9. The fourth-order valence-electron chi connectivity index (χ4n) is 8.50. The number of rotatable bonds is 1. The van der Waals surface area contributed by atoms with E-state index in [1.165, 1.54) is 0 Å². The van der Waals surface area contributed by atoms with Crippen molar-refractivity contribution in [3.8, 4) is 0 Å². The number of fused-ring (bicyclic) bond motifs is 5. The van der Waals surface area contributed by atoms with Gasteiger partial charge in [0.05, 0.1) is 11.7 Å². The van der Waals surface area contributed by atoms with Gasteiger partial charge in [-0.05, 0) is 86.4 Å². The average Bonchev–Trinajstić information content (AvgIpc) is 2.84. The first-order valence-electron chi connectivity index (χ1n) is 10.9. The molecule has 4 aliphatic rings. The van der Waals surface area contributed by atoms with Crippen molar-refractivity contribution >= 4 is 5.78 Å². The van der Waals surface area contributed by atoms with Crippen LogP contribution in [-0.2, 0) is 4.79 Å². The van der Waals surface area contributed by atoms with Gasteiger partial charge in [-0.25, -0.2) is 0 Å². The van der Waals surface area contributed by atoms with Gasteiger partial charge in [-0.2, -0.15) is 0 Å². The van der Waals surface area contributed by atoms with Crippen molar-refractivity contribution in [2.75, 3.05) is 0 Å². The second kappa shape index (κ2) is 5.56. The van der Waals surface area contributed by atoms with Crippen LogP contribution in [0.1, 0.15) is 86.0 Å². The highest BCUT2D eigenvalue weighted by Gasteiger charge is 2.68. The van der Waals surface area contributed by atoms with E-state index in [1.54, 1.807) is 6.92 Å². The molecule has 0 heterocycles. The fraction of sp³-hybridized carbons (Fsp3) is 0.957. The molecule has 26 heavy (non-hydrogen) atoms. The fourth-order valence-corrected chi connectivity index (χ4v) is 8.50. The van der Waals surface area contributed by atoms with Gasteiger partial charge in [0.15, 0.2) is 0 Å². The Labute approximate surface area is 158 Å². The van der Waals surface area contributed by atoms with Crippen LogP contribution in [-0.4, -0.2) is 27.7 Å². The summed E-state index contributed by atoms with van der Waals surface area (Å²) in [7, 11) is 0. The number of hydrogen-bond donors (Lipinski definition) is 2. The molecule has 3 heteroatoms. The van der Waals surface area contributed by atoms with Crippen LogP contribution in [0.3, 0.4) is 0 Å². The van der Waals surface area contributed by atoms with Crippen molar-refractivity contribution in [1.29, 1.82) is 0 Å². The Morgan fingerprint density at radius 3 is 2.19 bits per heavy atom. The van der Waals surface area contributed by atoms with Crippen molar-refractivity contribution in [3.05, 3.63) is 0 Å². The number of carbonyl (C=O) groups is 1. The SMILES string of the molecule is CC(=O)[C@@]1(C)CC[C@H]2[C@@H]3C[C@@H](C)[C@@]4(O)C[C@@H](O)CC[C@]4(C)[C@H]3CC[C@@]21C. The Morgan fingerprint density at radius 2 is 1.54 bits per heavy atom. The molecule has 148 valence electrons. The maximum absolute atomic E-state index is 12.6. The van der Waals surface area contributed by atoms with Crippen LogP contribution >= 0.6 is 0 Å². The number of hydrogen-bond acceptors (Lipinski definition) is 3. The minimum atomic E-state index is -0.734. The van der Waals surface area contributed by atoms with Crippen molar-refractivity contribution in [2.45, 2.75) is 97.7 Å². The van der Waals surface area contributed by atoms with Gasteiger partial charge in [-0.1, -0.05) is 27.7 Å². The summed E-state index contributed by atoms with van der Waals surface area (Å²) < 4.78 is 0. The summed E-state index contributed by atoms with van der Waals surface area (Å²) in [5, 5.41) is 22.0. The number of carbonyl (C=O) groups excluding carboxylic acids is 1. The van der Waals surface area contributed by atoms with E-state index in [4.69, 9.17) is 0 Å². The van der Waals surface area contributed by atoms with Gasteiger partial charge in [0.1, 0.15) is 5.78 Å². The molecule has 0 bridgehead atoms. The zero-order valence-corrected chi connectivity index (χ0v) is 17.3. The third-order valence-electron chi connectivity index (χ3n) is 10.6. The van der Waals surface area contributed by atoms with E-state index in [0.717, 1.165) is 44.9 Å². The topological polar surface area (TPSA) is 57.5 Å². The van der Waals surface area contributed by atoms with Gasteiger partial charge < -0.3 is 10.2 Å². The first kappa shape index (κ1) is 18.9. The molecule has 3 nitrogen and oxygen atoms in total. The molecule has 4 fully saturated rings. The van der Waals surface area contributed by atoms with E-state index in [1.807, 2.05) is 0 Å². The van der Waals surface area contributed by atoms with Gasteiger partial charge in [0.2, 0.25) is 0 Å². The van der Waals surface area contributed by atoms with Crippen LogP contribution in [0, 0.1) is 39.9 Å². The Bertz CT molecular complexity index is 617. The lowest BCUT2D eigenvalue weighted by Gasteiger charge is -2.66. The molecule has 9 atom stereocenters. The molecule has 0 unspecified atom stereocenters. The van der Waals surface area contributed by atoms with Gasteiger partial charge in [-0.15, -0.1) is 0 Å². The Hall–Kier alpha value is -0.410. The van der Waals surface area contributed by atoms with E-state index < -0.39 is 5.60 Å². The summed E-state index contributed by atoms with van der Waals surface area (Å²) in [5.41, 5.74) is -0.893. The molecule has 0 aromatic rings. The molecule has 0 amide bonds. The second-order valence-corrected chi connectivity index (χ2v) is 11.1. The molecule has 4 aliphatic carbocycles. The molecule has 0 aromatic heterocycles. The lowest BCUT2D eigenvalue weighted by Crippen LogP contribution is -2.66.